The van der Waals surface area contributed by atoms with Gasteiger partial charge in [0.1, 0.15) is 19.0 Å². The number of primary amides is 1. The Bertz CT molecular complexity index is 1280. The van der Waals surface area contributed by atoms with E-state index in [1.54, 1.807) is 15.4 Å². The normalized spacial score (nSPS) is 12.1. The summed E-state index contributed by atoms with van der Waals surface area (Å²) >= 11 is 0. The highest BCUT2D eigenvalue weighted by atomic mass is 16.2. The number of aryl methyl sites for hydroxylation is 2. The number of hydrogen-bond donors (Lipinski definition) is 2. The molecule has 0 aliphatic carbocycles. The first-order valence-electron chi connectivity index (χ1n) is 10.2. The predicted molar refractivity (Wildman–Crippen MR) is 117 cm³/mol. The van der Waals surface area contributed by atoms with Crippen LogP contribution in [-0.2, 0) is 11.2 Å². The molecule has 3 N–H and O–H groups in total. The van der Waals surface area contributed by atoms with E-state index in [0.717, 1.165) is 28.2 Å². The number of carbonyl (C=O) groups excluding carboxylic acids is 2. The lowest BCUT2D eigenvalue weighted by Gasteiger charge is -2.16. The fourth-order valence-electron chi connectivity index (χ4n) is 3.76. The summed E-state index contributed by atoms with van der Waals surface area (Å²) in [5, 5.41) is 7.15. The minimum Gasteiger partial charge on any atom is -0.364 e. The fraction of sp³-hybridized carbons (Fsp3) is 0.273. The molecule has 3 aromatic heterocycles. The quantitative estimate of drug-likeness (QED) is 0.458. The molecular formula is C22H24N8O2. The van der Waals surface area contributed by atoms with Crippen molar-refractivity contribution in [2.45, 2.75) is 39.7 Å². The molecule has 4 aromatic rings. The van der Waals surface area contributed by atoms with Crippen molar-refractivity contribution in [3.05, 3.63) is 71.5 Å². The van der Waals surface area contributed by atoms with Crippen LogP contribution in [0.25, 0.3) is 11.3 Å². The third kappa shape index (κ3) is 4.07. The fourth-order valence-corrected chi connectivity index (χ4v) is 3.76. The molecule has 0 fully saturated rings. The second-order valence-electron chi connectivity index (χ2n) is 7.63. The largest absolute Gasteiger partial charge is 0.364 e. The van der Waals surface area contributed by atoms with Gasteiger partial charge in [-0.2, -0.15) is 5.10 Å². The van der Waals surface area contributed by atoms with E-state index in [4.69, 9.17) is 5.73 Å². The predicted octanol–water partition coefficient (Wildman–Crippen LogP) is 1.84. The average molecular weight is 432 g/mol. The van der Waals surface area contributed by atoms with E-state index in [1.165, 1.54) is 12.7 Å². The number of hydrogen-bond acceptors (Lipinski definition) is 6. The van der Waals surface area contributed by atoms with Gasteiger partial charge in [-0.25, -0.2) is 19.6 Å². The highest BCUT2D eigenvalue weighted by Crippen LogP contribution is 2.19. The number of carbonyl (C=O) groups is 2. The Labute approximate surface area is 184 Å². The Morgan fingerprint density at radius 2 is 1.91 bits per heavy atom. The molecule has 1 atom stereocenters. The summed E-state index contributed by atoms with van der Waals surface area (Å²) in [5.41, 5.74) is 10.4. The molecule has 0 saturated heterocycles. The molecule has 3 heterocycles. The van der Waals surface area contributed by atoms with E-state index in [1.807, 2.05) is 45.0 Å². The van der Waals surface area contributed by atoms with E-state index < -0.39 is 5.91 Å². The van der Waals surface area contributed by atoms with Gasteiger partial charge < -0.3 is 11.1 Å². The molecule has 1 aromatic carbocycles. The van der Waals surface area contributed by atoms with Gasteiger partial charge in [-0.3, -0.25) is 14.0 Å². The van der Waals surface area contributed by atoms with Gasteiger partial charge in [-0.15, -0.1) is 0 Å². The molecule has 10 heteroatoms. The van der Waals surface area contributed by atoms with E-state index in [0.29, 0.717) is 18.5 Å². The molecule has 32 heavy (non-hydrogen) atoms. The SMILES string of the molecule is Cc1nc2c(C(N)=O)ncn2c(C)c1CCC(=O)N[C@H](C)c1ccc(-n2cncn2)cc1. The van der Waals surface area contributed by atoms with E-state index >= 15 is 0 Å². The van der Waals surface area contributed by atoms with Gasteiger partial charge in [0, 0.05) is 17.8 Å². The number of nitrogens with two attached hydrogens (primary N) is 1. The van der Waals surface area contributed by atoms with Gasteiger partial charge in [-0.05, 0) is 50.5 Å². The van der Waals surface area contributed by atoms with E-state index in [-0.39, 0.29) is 17.6 Å². The van der Waals surface area contributed by atoms with E-state index in [9.17, 15) is 9.59 Å². The molecule has 10 nitrogen and oxygen atoms in total. The lowest BCUT2D eigenvalue weighted by atomic mass is 10.0. The van der Waals surface area contributed by atoms with Crippen LogP contribution in [0.15, 0.2) is 43.2 Å². The summed E-state index contributed by atoms with van der Waals surface area (Å²) in [7, 11) is 0. The van der Waals surface area contributed by atoms with Gasteiger partial charge in [-0.1, -0.05) is 12.1 Å². The zero-order valence-corrected chi connectivity index (χ0v) is 18.1. The topological polar surface area (TPSA) is 133 Å². The second kappa shape index (κ2) is 8.58. The van der Waals surface area contributed by atoms with Crippen molar-refractivity contribution in [1.29, 1.82) is 0 Å². The summed E-state index contributed by atoms with van der Waals surface area (Å²) in [5.74, 6) is -0.672. The van der Waals surface area contributed by atoms with Crippen LogP contribution in [-0.4, -0.2) is 40.9 Å². The van der Waals surface area contributed by atoms with Crippen LogP contribution in [0.1, 0.15) is 52.4 Å². The van der Waals surface area contributed by atoms with Gasteiger partial charge >= 0.3 is 0 Å². The van der Waals surface area contributed by atoms with Gasteiger partial charge in [0.2, 0.25) is 5.91 Å². The van der Waals surface area contributed by atoms with Crippen LogP contribution < -0.4 is 11.1 Å². The molecule has 4 rings (SSSR count). The molecule has 0 unspecified atom stereocenters. The van der Waals surface area contributed by atoms with Crippen molar-refractivity contribution in [3.63, 3.8) is 0 Å². The zero-order valence-electron chi connectivity index (χ0n) is 18.1. The van der Waals surface area contributed by atoms with Crippen molar-refractivity contribution in [1.82, 2.24) is 34.4 Å². The third-order valence-electron chi connectivity index (χ3n) is 5.54. The van der Waals surface area contributed by atoms with Crippen molar-refractivity contribution >= 4 is 17.5 Å². The maximum Gasteiger partial charge on any atom is 0.271 e. The summed E-state index contributed by atoms with van der Waals surface area (Å²) in [6.45, 7) is 5.72. The van der Waals surface area contributed by atoms with Crippen molar-refractivity contribution in [2.75, 3.05) is 0 Å². The maximum atomic E-state index is 12.6. The van der Waals surface area contributed by atoms with Gasteiger partial charge in [0.05, 0.1) is 11.7 Å². The smallest absolute Gasteiger partial charge is 0.271 e. The highest BCUT2D eigenvalue weighted by Gasteiger charge is 2.18. The summed E-state index contributed by atoms with van der Waals surface area (Å²) in [4.78, 5) is 36.6. The number of nitrogens with zero attached hydrogens (tertiary/aromatic N) is 6. The number of aromatic nitrogens is 6. The molecule has 2 amide bonds. The summed E-state index contributed by atoms with van der Waals surface area (Å²) < 4.78 is 3.41. The molecular weight excluding hydrogens is 408 g/mol. The summed E-state index contributed by atoms with van der Waals surface area (Å²) in [6, 6.07) is 7.66. The maximum absolute atomic E-state index is 12.6. The standard InChI is InChI=1S/C22H24N8O2/c1-13(16-4-6-17(7-5-16)30-11-24-10-26-30)27-19(31)9-8-18-14(2)28-22-20(21(23)32)25-12-29(22)15(18)3/h4-7,10-13H,8-9H2,1-3H3,(H2,23,32)(H,27,31)/t13-/m1/s1. The Balaban J connectivity index is 1.41. The van der Waals surface area contributed by atoms with Crippen LogP contribution in [0, 0.1) is 13.8 Å². The summed E-state index contributed by atoms with van der Waals surface area (Å²) in [6.07, 6.45) is 5.49. The molecule has 0 saturated carbocycles. The van der Waals surface area contributed by atoms with Crippen LogP contribution in [0.5, 0.6) is 0 Å². The molecule has 0 aliphatic rings. The lowest BCUT2D eigenvalue weighted by molar-refractivity contribution is -0.121. The number of benzene rings is 1. The lowest BCUT2D eigenvalue weighted by Crippen LogP contribution is -2.27. The van der Waals surface area contributed by atoms with Crippen LogP contribution in [0.4, 0.5) is 0 Å². The minimum atomic E-state index is -0.616. The monoisotopic (exact) mass is 432 g/mol. The highest BCUT2D eigenvalue weighted by molar-refractivity contribution is 5.96. The van der Waals surface area contributed by atoms with Crippen molar-refractivity contribution < 1.29 is 9.59 Å². The van der Waals surface area contributed by atoms with Crippen LogP contribution in [0.2, 0.25) is 0 Å². The number of amides is 2. The number of nitrogens with one attached hydrogen (secondary N) is 1. The molecule has 0 radical (unpaired) electrons. The minimum absolute atomic E-state index is 0.0554. The molecule has 164 valence electrons. The number of fused-ring (bicyclic) bond motifs is 1. The van der Waals surface area contributed by atoms with Crippen molar-refractivity contribution in [2.24, 2.45) is 5.73 Å². The van der Waals surface area contributed by atoms with Crippen molar-refractivity contribution in [3.8, 4) is 5.69 Å². The van der Waals surface area contributed by atoms with E-state index in [2.05, 4.69) is 25.4 Å². The Morgan fingerprint density at radius 1 is 1.16 bits per heavy atom. The Hall–Kier alpha value is -4.08. The number of rotatable bonds is 7. The number of imidazole rings is 1. The van der Waals surface area contributed by atoms with Gasteiger partial charge in [0.25, 0.3) is 5.91 Å². The first kappa shape index (κ1) is 21.2. The Morgan fingerprint density at radius 3 is 2.56 bits per heavy atom. The first-order valence-corrected chi connectivity index (χ1v) is 10.2. The molecule has 0 spiro atoms. The van der Waals surface area contributed by atoms with Crippen LogP contribution >= 0.6 is 0 Å². The van der Waals surface area contributed by atoms with Crippen LogP contribution in [0.3, 0.4) is 0 Å². The average Bonchev–Trinajstić information content (AvgIpc) is 3.44. The molecule has 0 aliphatic heterocycles. The van der Waals surface area contributed by atoms with Gasteiger partial charge in [0.15, 0.2) is 11.3 Å². The zero-order chi connectivity index (χ0) is 22.8. The Kier molecular flexibility index (Phi) is 5.67. The first-order chi connectivity index (χ1) is 15.3. The second-order valence-corrected chi connectivity index (χ2v) is 7.63. The third-order valence-corrected chi connectivity index (χ3v) is 5.54. The molecule has 0 bridgehead atoms.